The minimum Gasteiger partial charge on any atom is -0.455 e. The van der Waals surface area contributed by atoms with Crippen molar-refractivity contribution in [2.24, 2.45) is 0 Å². The zero-order chi connectivity index (χ0) is 13.7. The number of hydrogen-bond acceptors (Lipinski definition) is 3. The molecule has 0 bridgehead atoms. The number of ether oxygens (including phenoxy) is 1. The zero-order valence-electron chi connectivity index (χ0n) is 11.7. The van der Waals surface area contributed by atoms with Crippen molar-refractivity contribution in [3.63, 3.8) is 0 Å². The van der Waals surface area contributed by atoms with E-state index in [2.05, 4.69) is 37.1 Å². The molecule has 0 radical (unpaired) electrons. The first-order valence-corrected chi connectivity index (χ1v) is 6.60. The number of aromatic nitrogens is 1. The minimum absolute atomic E-state index is 0.791. The smallest absolute Gasteiger partial charge is 0.150 e. The maximum atomic E-state index is 6.02. The van der Waals surface area contributed by atoms with Gasteiger partial charge in [0.05, 0.1) is 6.20 Å². The molecule has 0 saturated heterocycles. The fourth-order valence-electron chi connectivity index (χ4n) is 1.86. The van der Waals surface area contributed by atoms with Crippen molar-refractivity contribution < 1.29 is 4.74 Å². The van der Waals surface area contributed by atoms with Gasteiger partial charge >= 0.3 is 0 Å². The largest absolute Gasteiger partial charge is 0.455 e. The predicted octanol–water partition coefficient (Wildman–Crippen LogP) is 3.60. The Morgan fingerprint density at radius 1 is 1.16 bits per heavy atom. The van der Waals surface area contributed by atoms with Gasteiger partial charge in [0.1, 0.15) is 11.5 Å². The van der Waals surface area contributed by atoms with E-state index in [4.69, 9.17) is 4.74 Å². The number of nitrogens with one attached hydrogen (secondary N) is 1. The van der Waals surface area contributed by atoms with E-state index >= 15 is 0 Å². The molecule has 0 aliphatic carbocycles. The van der Waals surface area contributed by atoms with Crippen molar-refractivity contribution in [3.8, 4) is 11.5 Å². The summed E-state index contributed by atoms with van der Waals surface area (Å²) in [6.07, 6.45) is 3.57. The van der Waals surface area contributed by atoms with Crippen LogP contribution in [0.5, 0.6) is 11.5 Å². The Morgan fingerprint density at radius 3 is 2.79 bits per heavy atom. The molecule has 0 amide bonds. The monoisotopic (exact) mass is 256 g/mol. The van der Waals surface area contributed by atoms with Crippen molar-refractivity contribution >= 4 is 0 Å². The number of pyridine rings is 1. The summed E-state index contributed by atoms with van der Waals surface area (Å²) < 4.78 is 6.02. The maximum absolute atomic E-state index is 6.02. The van der Waals surface area contributed by atoms with Crippen LogP contribution in [-0.2, 0) is 6.54 Å². The van der Waals surface area contributed by atoms with Crippen LogP contribution in [0.2, 0.25) is 0 Å². The zero-order valence-corrected chi connectivity index (χ0v) is 11.7. The van der Waals surface area contributed by atoms with Crippen molar-refractivity contribution in [2.45, 2.75) is 27.3 Å². The van der Waals surface area contributed by atoms with E-state index in [0.717, 1.165) is 30.2 Å². The average molecular weight is 256 g/mol. The standard InChI is InChI=1S/C16H20N2O/c1-4-17-10-14-8-9-18-11-16(14)19-15-7-5-6-12(2)13(15)3/h5-9,11,17H,4,10H2,1-3H3. The van der Waals surface area contributed by atoms with Crippen LogP contribution in [0.3, 0.4) is 0 Å². The Kier molecular flexibility index (Phi) is 4.53. The molecule has 2 aromatic rings. The number of rotatable bonds is 5. The highest BCUT2D eigenvalue weighted by atomic mass is 16.5. The van der Waals surface area contributed by atoms with Crippen LogP contribution in [-0.4, -0.2) is 11.5 Å². The second-order valence-electron chi connectivity index (χ2n) is 4.56. The highest BCUT2D eigenvalue weighted by Gasteiger charge is 2.07. The number of hydrogen-bond donors (Lipinski definition) is 1. The summed E-state index contributed by atoms with van der Waals surface area (Å²) in [6.45, 7) is 7.98. The molecule has 0 spiro atoms. The average Bonchev–Trinajstić information content (AvgIpc) is 2.43. The molecule has 100 valence electrons. The molecule has 0 unspecified atom stereocenters. The molecule has 3 nitrogen and oxygen atoms in total. The molecule has 0 aliphatic rings. The molecular formula is C16H20N2O. The molecule has 0 fully saturated rings. The van der Waals surface area contributed by atoms with E-state index in [1.807, 2.05) is 18.2 Å². The molecule has 0 aliphatic heterocycles. The number of benzene rings is 1. The molecular weight excluding hydrogens is 236 g/mol. The van der Waals surface area contributed by atoms with Crippen molar-refractivity contribution in [2.75, 3.05) is 6.54 Å². The van der Waals surface area contributed by atoms with Crippen molar-refractivity contribution in [3.05, 3.63) is 53.3 Å². The Labute approximate surface area is 114 Å². The normalized spacial score (nSPS) is 10.5. The summed E-state index contributed by atoms with van der Waals surface area (Å²) in [7, 11) is 0. The van der Waals surface area contributed by atoms with Gasteiger partial charge in [0.25, 0.3) is 0 Å². The lowest BCUT2D eigenvalue weighted by molar-refractivity contribution is 0.467. The molecule has 1 heterocycles. The SMILES string of the molecule is CCNCc1ccncc1Oc1cccc(C)c1C. The Bertz CT molecular complexity index is 552. The maximum Gasteiger partial charge on any atom is 0.150 e. The van der Waals surface area contributed by atoms with E-state index in [0.29, 0.717) is 0 Å². The predicted molar refractivity (Wildman–Crippen MR) is 77.6 cm³/mol. The van der Waals surface area contributed by atoms with Crippen molar-refractivity contribution in [1.29, 1.82) is 0 Å². The van der Waals surface area contributed by atoms with Crippen LogP contribution >= 0.6 is 0 Å². The summed E-state index contributed by atoms with van der Waals surface area (Å²) >= 11 is 0. The van der Waals surface area contributed by atoms with E-state index in [-0.39, 0.29) is 0 Å². The van der Waals surface area contributed by atoms with Crippen LogP contribution in [0.1, 0.15) is 23.6 Å². The van der Waals surface area contributed by atoms with Crippen LogP contribution in [0.15, 0.2) is 36.7 Å². The van der Waals surface area contributed by atoms with Crippen molar-refractivity contribution in [1.82, 2.24) is 10.3 Å². The van der Waals surface area contributed by atoms with Gasteiger partial charge in [0, 0.05) is 18.3 Å². The van der Waals surface area contributed by atoms with Gasteiger partial charge in [-0.25, -0.2) is 0 Å². The molecule has 1 aromatic carbocycles. The van der Waals surface area contributed by atoms with Gasteiger partial charge in [-0.2, -0.15) is 0 Å². The van der Waals surface area contributed by atoms with E-state index in [1.54, 1.807) is 12.4 Å². The number of nitrogens with zero attached hydrogens (tertiary/aromatic N) is 1. The Morgan fingerprint density at radius 2 is 2.00 bits per heavy atom. The third-order valence-corrected chi connectivity index (χ3v) is 3.21. The van der Waals surface area contributed by atoms with Gasteiger partial charge in [-0.1, -0.05) is 19.1 Å². The van der Waals surface area contributed by atoms with Gasteiger partial charge in [0.15, 0.2) is 0 Å². The molecule has 2 rings (SSSR count). The first-order valence-electron chi connectivity index (χ1n) is 6.60. The van der Waals surface area contributed by atoms with E-state index in [1.165, 1.54) is 11.1 Å². The van der Waals surface area contributed by atoms with Crippen LogP contribution in [0.4, 0.5) is 0 Å². The van der Waals surface area contributed by atoms with Gasteiger partial charge in [-0.05, 0) is 43.7 Å². The van der Waals surface area contributed by atoms with Crippen LogP contribution in [0, 0.1) is 13.8 Å². The first-order chi connectivity index (χ1) is 9.22. The lowest BCUT2D eigenvalue weighted by atomic mass is 10.1. The number of aryl methyl sites for hydroxylation is 1. The van der Waals surface area contributed by atoms with Gasteiger partial charge in [0.2, 0.25) is 0 Å². The Hall–Kier alpha value is -1.87. The molecule has 19 heavy (non-hydrogen) atoms. The van der Waals surface area contributed by atoms with E-state index < -0.39 is 0 Å². The molecule has 0 atom stereocenters. The van der Waals surface area contributed by atoms with E-state index in [9.17, 15) is 0 Å². The Balaban J connectivity index is 2.25. The highest BCUT2D eigenvalue weighted by Crippen LogP contribution is 2.28. The molecule has 0 saturated carbocycles. The van der Waals surface area contributed by atoms with Crippen LogP contribution < -0.4 is 10.1 Å². The molecule has 1 aromatic heterocycles. The van der Waals surface area contributed by atoms with Crippen LogP contribution in [0.25, 0.3) is 0 Å². The highest BCUT2D eigenvalue weighted by molar-refractivity contribution is 5.42. The van der Waals surface area contributed by atoms with Gasteiger partial charge in [-0.3, -0.25) is 4.98 Å². The lowest BCUT2D eigenvalue weighted by Crippen LogP contribution is -2.12. The summed E-state index contributed by atoms with van der Waals surface area (Å²) in [4.78, 5) is 4.15. The molecule has 1 N–H and O–H groups in total. The lowest BCUT2D eigenvalue weighted by Gasteiger charge is -2.13. The third-order valence-electron chi connectivity index (χ3n) is 3.21. The summed E-state index contributed by atoms with van der Waals surface area (Å²) in [5, 5.41) is 3.31. The summed E-state index contributed by atoms with van der Waals surface area (Å²) in [5.74, 6) is 1.71. The summed E-state index contributed by atoms with van der Waals surface area (Å²) in [6, 6.07) is 8.08. The minimum atomic E-state index is 0.791. The second kappa shape index (κ2) is 6.34. The second-order valence-corrected chi connectivity index (χ2v) is 4.56. The third kappa shape index (κ3) is 3.32. The van der Waals surface area contributed by atoms with Gasteiger partial charge < -0.3 is 10.1 Å². The topological polar surface area (TPSA) is 34.2 Å². The molecule has 3 heteroatoms. The van der Waals surface area contributed by atoms with Gasteiger partial charge in [-0.15, -0.1) is 0 Å². The quantitative estimate of drug-likeness (QED) is 0.887. The fourth-order valence-corrected chi connectivity index (χ4v) is 1.86. The first kappa shape index (κ1) is 13.6. The fraction of sp³-hybridized carbons (Fsp3) is 0.312. The summed E-state index contributed by atoms with van der Waals surface area (Å²) in [5.41, 5.74) is 3.52.